The van der Waals surface area contributed by atoms with Gasteiger partial charge in [-0.1, -0.05) is 11.2 Å². The molecule has 3 aromatic rings. The summed E-state index contributed by atoms with van der Waals surface area (Å²) >= 11 is 0. The van der Waals surface area contributed by atoms with Crippen LogP contribution in [0.1, 0.15) is 10.4 Å². The zero-order valence-electron chi connectivity index (χ0n) is 13.4. The number of ether oxygens (including phenoxy) is 2. The van der Waals surface area contributed by atoms with Crippen molar-refractivity contribution in [2.45, 2.75) is 0 Å². The minimum Gasteiger partial charge on any atom is -0.493 e. The number of anilines is 1. The number of halogens is 1. The van der Waals surface area contributed by atoms with Gasteiger partial charge in [0.15, 0.2) is 11.5 Å². The quantitative estimate of drug-likeness (QED) is 0.766. The van der Waals surface area contributed by atoms with Gasteiger partial charge in [0, 0.05) is 5.56 Å². The molecule has 0 saturated carbocycles. The lowest BCUT2D eigenvalue weighted by Crippen LogP contribution is -2.13. The van der Waals surface area contributed by atoms with Gasteiger partial charge in [0.1, 0.15) is 5.82 Å². The van der Waals surface area contributed by atoms with Crippen LogP contribution in [0.3, 0.4) is 0 Å². The number of para-hydroxylation sites is 1. The predicted octanol–water partition coefficient (Wildman–Crippen LogP) is 3.15. The second kappa shape index (κ2) is 7.00. The van der Waals surface area contributed by atoms with Crippen LogP contribution in [0.5, 0.6) is 11.5 Å². The molecule has 0 aliphatic carbocycles. The van der Waals surface area contributed by atoms with Gasteiger partial charge in [-0.3, -0.25) is 10.1 Å². The summed E-state index contributed by atoms with van der Waals surface area (Å²) in [5.74, 6) is 0.00771. The molecule has 25 heavy (non-hydrogen) atoms. The number of carbonyl (C=O) groups excluding carboxylic acids is 1. The lowest BCUT2D eigenvalue weighted by Gasteiger charge is -2.11. The number of aromatic nitrogens is 2. The molecule has 0 spiro atoms. The van der Waals surface area contributed by atoms with Crippen molar-refractivity contribution in [1.29, 1.82) is 0 Å². The first kappa shape index (κ1) is 16.4. The average molecular weight is 343 g/mol. The highest BCUT2D eigenvalue weighted by atomic mass is 19.1. The maximum absolute atomic E-state index is 13.0. The van der Waals surface area contributed by atoms with E-state index in [9.17, 15) is 9.18 Å². The summed E-state index contributed by atoms with van der Waals surface area (Å²) in [6.07, 6.45) is 0. The first-order chi connectivity index (χ1) is 12.1. The number of benzene rings is 2. The van der Waals surface area contributed by atoms with Gasteiger partial charge >= 0.3 is 6.01 Å². The fourth-order valence-corrected chi connectivity index (χ4v) is 2.21. The van der Waals surface area contributed by atoms with E-state index in [0.717, 1.165) is 0 Å². The molecule has 1 amide bonds. The van der Waals surface area contributed by atoms with Crippen molar-refractivity contribution in [3.8, 4) is 23.0 Å². The third-order valence-corrected chi connectivity index (χ3v) is 3.38. The van der Waals surface area contributed by atoms with E-state index in [1.54, 1.807) is 18.2 Å². The van der Waals surface area contributed by atoms with E-state index >= 15 is 0 Å². The summed E-state index contributed by atoms with van der Waals surface area (Å²) in [5, 5.41) is 10.1. The van der Waals surface area contributed by atoms with Gasteiger partial charge in [0.2, 0.25) is 5.89 Å². The molecular weight excluding hydrogens is 329 g/mol. The zero-order chi connectivity index (χ0) is 17.8. The molecule has 0 saturated heterocycles. The monoisotopic (exact) mass is 343 g/mol. The number of hydrogen-bond acceptors (Lipinski definition) is 6. The van der Waals surface area contributed by atoms with E-state index in [4.69, 9.17) is 13.9 Å². The van der Waals surface area contributed by atoms with Gasteiger partial charge < -0.3 is 13.9 Å². The third-order valence-electron chi connectivity index (χ3n) is 3.38. The van der Waals surface area contributed by atoms with Crippen LogP contribution in [0.15, 0.2) is 46.9 Å². The van der Waals surface area contributed by atoms with E-state index in [1.807, 2.05) is 0 Å². The van der Waals surface area contributed by atoms with Gasteiger partial charge in [-0.05, 0) is 36.4 Å². The highest BCUT2D eigenvalue weighted by Gasteiger charge is 2.19. The van der Waals surface area contributed by atoms with E-state index in [0.29, 0.717) is 17.1 Å². The molecule has 0 aliphatic heterocycles. The largest absolute Gasteiger partial charge is 0.493 e. The van der Waals surface area contributed by atoms with Gasteiger partial charge in [-0.25, -0.2) is 4.39 Å². The van der Waals surface area contributed by atoms with Crippen LogP contribution in [-0.4, -0.2) is 30.3 Å². The Labute approximate surface area is 142 Å². The molecule has 0 atom stereocenters. The predicted molar refractivity (Wildman–Crippen MR) is 87.2 cm³/mol. The molecule has 8 heteroatoms. The van der Waals surface area contributed by atoms with Crippen LogP contribution >= 0.6 is 0 Å². The Bertz CT molecular complexity index is 893. The number of methoxy groups -OCH3 is 2. The van der Waals surface area contributed by atoms with Crippen LogP contribution in [0.2, 0.25) is 0 Å². The molecule has 2 aromatic carbocycles. The number of amides is 1. The molecule has 0 radical (unpaired) electrons. The maximum atomic E-state index is 13.0. The Morgan fingerprint density at radius 3 is 2.52 bits per heavy atom. The normalized spacial score (nSPS) is 10.4. The van der Waals surface area contributed by atoms with Gasteiger partial charge in [-0.15, -0.1) is 5.10 Å². The minimum atomic E-state index is -0.495. The number of nitrogens with zero attached hydrogens (tertiary/aromatic N) is 2. The Morgan fingerprint density at radius 1 is 1.08 bits per heavy atom. The summed E-state index contributed by atoms with van der Waals surface area (Å²) in [4.78, 5) is 12.4. The van der Waals surface area contributed by atoms with Crippen LogP contribution in [-0.2, 0) is 0 Å². The molecule has 128 valence electrons. The van der Waals surface area contributed by atoms with E-state index in [-0.39, 0.29) is 23.3 Å². The Kier molecular flexibility index (Phi) is 4.60. The molecule has 0 aliphatic rings. The van der Waals surface area contributed by atoms with E-state index < -0.39 is 5.91 Å². The van der Waals surface area contributed by atoms with Crippen molar-refractivity contribution in [1.82, 2.24) is 10.2 Å². The minimum absolute atomic E-state index is 0.0887. The molecule has 7 nitrogen and oxygen atoms in total. The summed E-state index contributed by atoms with van der Waals surface area (Å²) in [5.41, 5.74) is 0.789. The maximum Gasteiger partial charge on any atom is 0.322 e. The first-order valence-electron chi connectivity index (χ1n) is 7.24. The first-order valence-corrected chi connectivity index (χ1v) is 7.24. The highest BCUT2D eigenvalue weighted by molar-refractivity contribution is 6.05. The molecule has 1 N–H and O–H groups in total. The van der Waals surface area contributed by atoms with E-state index in [2.05, 4.69) is 15.5 Å². The smallest absolute Gasteiger partial charge is 0.322 e. The summed E-state index contributed by atoms with van der Waals surface area (Å²) in [6.45, 7) is 0. The molecule has 3 rings (SSSR count). The molecule has 1 heterocycles. The molecule has 0 fully saturated rings. The van der Waals surface area contributed by atoms with Crippen molar-refractivity contribution >= 4 is 11.9 Å². The van der Waals surface area contributed by atoms with Crippen LogP contribution in [0, 0.1) is 5.82 Å². The molecule has 0 unspecified atom stereocenters. The third kappa shape index (κ3) is 3.42. The average Bonchev–Trinajstić information content (AvgIpc) is 3.09. The number of hydrogen-bond donors (Lipinski definition) is 1. The van der Waals surface area contributed by atoms with Crippen LogP contribution in [0.4, 0.5) is 10.4 Å². The van der Waals surface area contributed by atoms with Gasteiger partial charge in [0.25, 0.3) is 5.91 Å². The van der Waals surface area contributed by atoms with Gasteiger partial charge in [0.05, 0.1) is 19.8 Å². The molecule has 1 aromatic heterocycles. The number of carbonyl (C=O) groups is 1. The lowest BCUT2D eigenvalue weighted by atomic mass is 10.1. The van der Waals surface area contributed by atoms with Crippen molar-refractivity contribution in [2.24, 2.45) is 0 Å². The summed E-state index contributed by atoms with van der Waals surface area (Å²) < 4.78 is 28.7. The Balaban J connectivity index is 1.82. The van der Waals surface area contributed by atoms with Crippen molar-refractivity contribution < 1.29 is 23.1 Å². The zero-order valence-corrected chi connectivity index (χ0v) is 13.4. The van der Waals surface area contributed by atoms with Crippen molar-refractivity contribution in [3.63, 3.8) is 0 Å². The summed E-state index contributed by atoms with van der Waals surface area (Å²) in [7, 11) is 2.92. The molecule has 0 bridgehead atoms. The fraction of sp³-hybridized carbons (Fsp3) is 0.118. The van der Waals surface area contributed by atoms with Crippen molar-refractivity contribution in [3.05, 3.63) is 53.8 Å². The Hall–Kier alpha value is -3.42. The van der Waals surface area contributed by atoms with Crippen molar-refractivity contribution in [2.75, 3.05) is 19.5 Å². The second-order valence-corrected chi connectivity index (χ2v) is 4.91. The molecular formula is C17H14FN3O4. The Morgan fingerprint density at radius 2 is 1.84 bits per heavy atom. The lowest BCUT2D eigenvalue weighted by molar-refractivity contribution is 0.102. The van der Waals surface area contributed by atoms with Crippen LogP contribution in [0.25, 0.3) is 11.5 Å². The topological polar surface area (TPSA) is 86.5 Å². The number of nitrogens with one attached hydrogen (secondary N) is 1. The van der Waals surface area contributed by atoms with E-state index in [1.165, 1.54) is 38.5 Å². The fourth-order valence-electron chi connectivity index (χ4n) is 2.21. The second-order valence-electron chi connectivity index (χ2n) is 4.91. The van der Waals surface area contributed by atoms with Gasteiger partial charge in [-0.2, -0.15) is 0 Å². The van der Waals surface area contributed by atoms with Crippen LogP contribution < -0.4 is 14.8 Å². The number of rotatable bonds is 5. The standard InChI is InChI=1S/C17H14FN3O4/c1-23-13-5-3-4-12(14(13)24-2)15(22)19-17-21-20-16(25-17)10-6-8-11(18)9-7-10/h3-9H,1-2H3,(H,19,21,22). The highest BCUT2D eigenvalue weighted by Crippen LogP contribution is 2.31. The SMILES string of the molecule is COc1cccc(C(=O)Nc2nnc(-c3ccc(F)cc3)o2)c1OC. The summed E-state index contributed by atoms with van der Waals surface area (Å²) in [6, 6.07) is 10.4.